The maximum absolute atomic E-state index is 11.6. The van der Waals surface area contributed by atoms with E-state index in [1.807, 2.05) is 0 Å². The third-order valence-corrected chi connectivity index (χ3v) is 1.80. The number of benzene rings is 1. The van der Waals surface area contributed by atoms with E-state index < -0.39 is 20.1 Å². The zero-order valence-corrected chi connectivity index (χ0v) is 8.65. The van der Waals surface area contributed by atoms with Crippen molar-refractivity contribution in [2.75, 3.05) is 13.2 Å². The quantitative estimate of drug-likeness (QED) is 0.582. The van der Waals surface area contributed by atoms with E-state index in [2.05, 4.69) is 4.74 Å². The Morgan fingerprint density at radius 3 is 2.12 bits per heavy atom. The number of ether oxygens (including phenoxy) is 2. The number of halogens is 3. The minimum atomic E-state index is -4.66. The molecule has 1 aromatic rings. The Balaban J connectivity index is 2.33. The molecule has 0 aliphatic heterocycles. The van der Waals surface area contributed by atoms with Gasteiger partial charge in [-0.2, -0.15) is 0 Å². The molecule has 0 saturated heterocycles. The highest BCUT2D eigenvalue weighted by Crippen LogP contribution is 2.15. The Hall–Kier alpha value is -1.25. The van der Waals surface area contributed by atoms with Gasteiger partial charge in [0.2, 0.25) is 0 Å². The first kappa shape index (κ1) is 13.8. The molecule has 0 amide bonds. The second-order valence-electron chi connectivity index (χ2n) is 3.09. The second kappa shape index (κ2) is 5.90. The van der Waals surface area contributed by atoms with Gasteiger partial charge in [-0.3, -0.25) is 4.74 Å². The third-order valence-electron chi connectivity index (χ3n) is 1.80. The van der Waals surface area contributed by atoms with Crippen LogP contribution in [0, 0.1) is 0 Å². The van der Waals surface area contributed by atoms with Gasteiger partial charge in [0.25, 0.3) is 0 Å². The van der Waals surface area contributed by atoms with Crippen LogP contribution in [0.2, 0.25) is 0 Å². The Kier molecular flexibility index (Phi) is 4.79. The average Bonchev–Trinajstić information content (AvgIpc) is 2.24. The highest BCUT2D eigenvalue weighted by molar-refractivity contribution is 6.58. The van der Waals surface area contributed by atoms with Crippen molar-refractivity contribution in [1.29, 1.82) is 0 Å². The van der Waals surface area contributed by atoms with Crippen molar-refractivity contribution in [2.45, 2.75) is 6.36 Å². The van der Waals surface area contributed by atoms with E-state index in [-0.39, 0.29) is 12.1 Å². The number of alkyl halides is 3. The Morgan fingerprint density at radius 2 is 1.65 bits per heavy atom. The van der Waals surface area contributed by atoms with E-state index in [9.17, 15) is 13.2 Å². The summed E-state index contributed by atoms with van der Waals surface area (Å²) in [5.41, 5.74) is 0.267. The second-order valence-corrected chi connectivity index (χ2v) is 3.09. The first-order valence-electron chi connectivity index (χ1n) is 4.68. The molecule has 0 heterocycles. The summed E-state index contributed by atoms with van der Waals surface area (Å²) in [6, 6.07) is 5.62. The van der Waals surface area contributed by atoms with Gasteiger partial charge >= 0.3 is 13.5 Å². The van der Waals surface area contributed by atoms with Crippen molar-refractivity contribution in [3.8, 4) is 5.75 Å². The van der Waals surface area contributed by atoms with Crippen LogP contribution in [-0.2, 0) is 4.74 Å². The molecule has 4 nitrogen and oxygen atoms in total. The van der Waals surface area contributed by atoms with Gasteiger partial charge in [-0.1, -0.05) is 12.1 Å². The van der Waals surface area contributed by atoms with Gasteiger partial charge in [-0.05, 0) is 17.6 Å². The van der Waals surface area contributed by atoms with E-state index in [1.165, 1.54) is 24.3 Å². The fourth-order valence-corrected chi connectivity index (χ4v) is 1.05. The zero-order valence-electron chi connectivity index (χ0n) is 8.65. The lowest BCUT2D eigenvalue weighted by molar-refractivity contribution is -0.325. The first-order valence-corrected chi connectivity index (χ1v) is 4.68. The molecule has 1 aromatic carbocycles. The molecule has 0 unspecified atom stereocenters. The monoisotopic (exact) mass is 250 g/mol. The van der Waals surface area contributed by atoms with Gasteiger partial charge in [0.05, 0.1) is 6.61 Å². The van der Waals surface area contributed by atoms with Gasteiger partial charge in [0.15, 0.2) is 0 Å². The summed E-state index contributed by atoms with van der Waals surface area (Å²) in [5, 5.41) is 17.6. The van der Waals surface area contributed by atoms with Crippen LogP contribution in [0.15, 0.2) is 24.3 Å². The van der Waals surface area contributed by atoms with Crippen LogP contribution in [0.3, 0.4) is 0 Å². The average molecular weight is 250 g/mol. The van der Waals surface area contributed by atoms with Crippen molar-refractivity contribution < 1.29 is 32.7 Å². The molecule has 2 N–H and O–H groups in total. The highest BCUT2D eigenvalue weighted by atomic mass is 19.4. The highest BCUT2D eigenvalue weighted by Gasteiger charge is 2.28. The summed E-state index contributed by atoms with van der Waals surface area (Å²) in [7, 11) is -1.59. The van der Waals surface area contributed by atoms with Crippen molar-refractivity contribution in [3.63, 3.8) is 0 Å². The van der Waals surface area contributed by atoms with Crippen LogP contribution in [0.5, 0.6) is 5.75 Å². The molecule has 0 bridgehead atoms. The molecule has 8 heteroatoms. The molecule has 17 heavy (non-hydrogen) atoms. The Labute approximate surface area is 95.7 Å². The van der Waals surface area contributed by atoms with Gasteiger partial charge in [-0.25, -0.2) is 0 Å². The van der Waals surface area contributed by atoms with Crippen LogP contribution in [0.25, 0.3) is 0 Å². The van der Waals surface area contributed by atoms with Crippen LogP contribution in [0.4, 0.5) is 13.2 Å². The van der Waals surface area contributed by atoms with Gasteiger partial charge in [-0.15, -0.1) is 13.2 Å². The van der Waals surface area contributed by atoms with Crippen LogP contribution in [-0.4, -0.2) is 36.7 Å². The molecule has 1 rings (SSSR count). The topological polar surface area (TPSA) is 58.9 Å². The number of hydrogen-bond acceptors (Lipinski definition) is 4. The lowest BCUT2D eigenvalue weighted by Gasteiger charge is -2.09. The molecule has 0 aromatic heterocycles. The fourth-order valence-electron chi connectivity index (χ4n) is 1.05. The minimum absolute atomic E-state index is 0.249. The molecule has 0 aliphatic rings. The van der Waals surface area contributed by atoms with E-state index in [0.29, 0.717) is 5.75 Å². The first-order chi connectivity index (χ1) is 7.88. The summed E-state index contributed by atoms with van der Waals surface area (Å²) in [6.07, 6.45) is -4.66. The van der Waals surface area contributed by atoms with Crippen LogP contribution in [0.1, 0.15) is 0 Å². The normalized spacial score (nSPS) is 11.4. The zero-order chi connectivity index (χ0) is 12.9. The molecule has 0 fully saturated rings. The standard InChI is InChI=1S/C9H10BF3O4/c11-9(12,13)17-6-5-16-8-3-1-7(2-4-8)10(14)15/h1-4,14-15H,5-6H2. The molecule has 94 valence electrons. The van der Waals surface area contributed by atoms with Gasteiger partial charge in [0, 0.05) is 0 Å². The lowest BCUT2D eigenvalue weighted by atomic mass is 9.80. The molecular formula is C9H10BF3O4. The summed E-state index contributed by atoms with van der Waals surface area (Å²) in [6.45, 7) is -0.853. The molecule has 0 spiro atoms. The third kappa shape index (κ3) is 5.57. The van der Waals surface area contributed by atoms with E-state index >= 15 is 0 Å². The van der Waals surface area contributed by atoms with Crippen molar-refractivity contribution in [1.82, 2.24) is 0 Å². The molecule has 0 aliphatic carbocycles. The Morgan fingerprint density at radius 1 is 1.06 bits per heavy atom. The molecule has 0 radical (unpaired) electrons. The maximum Gasteiger partial charge on any atom is 0.522 e. The van der Waals surface area contributed by atoms with Crippen molar-refractivity contribution in [2.24, 2.45) is 0 Å². The summed E-state index contributed by atoms with van der Waals surface area (Å²) in [4.78, 5) is 0. The van der Waals surface area contributed by atoms with E-state index in [1.54, 1.807) is 0 Å². The maximum atomic E-state index is 11.6. The minimum Gasteiger partial charge on any atom is -0.491 e. The van der Waals surface area contributed by atoms with Crippen LogP contribution >= 0.6 is 0 Å². The van der Waals surface area contributed by atoms with Crippen molar-refractivity contribution >= 4 is 12.6 Å². The summed E-state index contributed by atoms with van der Waals surface area (Å²) >= 11 is 0. The summed E-state index contributed by atoms with van der Waals surface area (Å²) in [5.74, 6) is 0.320. The fraction of sp³-hybridized carbons (Fsp3) is 0.333. The predicted molar refractivity (Wildman–Crippen MR) is 53.8 cm³/mol. The lowest BCUT2D eigenvalue weighted by Crippen LogP contribution is -2.29. The largest absolute Gasteiger partial charge is 0.522 e. The molecular weight excluding hydrogens is 240 g/mol. The van der Waals surface area contributed by atoms with Crippen molar-refractivity contribution in [3.05, 3.63) is 24.3 Å². The van der Waals surface area contributed by atoms with E-state index in [4.69, 9.17) is 14.8 Å². The smallest absolute Gasteiger partial charge is 0.491 e. The number of rotatable bonds is 5. The van der Waals surface area contributed by atoms with E-state index in [0.717, 1.165) is 0 Å². The molecule has 0 atom stereocenters. The van der Waals surface area contributed by atoms with Gasteiger partial charge in [0.1, 0.15) is 12.4 Å². The number of hydrogen-bond donors (Lipinski definition) is 2. The molecule has 0 saturated carbocycles. The SMILES string of the molecule is OB(O)c1ccc(OCCOC(F)(F)F)cc1. The Bertz CT molecular complexity index is 339. The summed E-state index contributed by atoms with van der Waals surface area (Å²) < 4.78 is 43.2. The predicted octanol–water partition coefficient (Wildman–Crippen LogP) is 0.282. The van der Waals surface area contributed by atoms with Crippen LogP contribution < -0.4 is 10.2 Å². The van der Waals surface area contributed by atoms with Gasteiger partial charge < -0.3 is 14.8 Å².